The largest absolute Gasteiger partial charge is 0.478 e. The average Bonchev–Trinajstić information content (AvgIpc) is 2.67. The number of nitrogens with zero attached hydrogens (tertiary/aromatic N) is 3. The number of aromatic nitrogens is 2. The van der Waals surface area contributed by atoms with Crippen molar-refractivity contribution >= 4 is 11.7 Å². The average molecular weight is 277 g/mol. The molecule has 0 bridgehead atoms. The quantitative estimate of drug-likeness (QED) is 0.677. The van der Waals surface area contributed by atoms with Gasteiger partial charge in [0, 0.05) is 25.2 Å². The first kappa shape index (κ1) is 13.5. The molecule has 2 rings (SSSR count). The molecule has 2 aromatic rings. The van der Waals surface area contributed by atoms with Crippen LogP contribution in [0.25, 0.3) is 0 Å². The summed E-state index contributed by atoms with van der Waals surface area (Å²) < 4.78 is 6.82. The molecule has 104 valence electrons. The van der Waals surface area contributed by atoms with Crippen LogP contribution < -0.4 is 4.74 Å². The fourth-order valence-electron chi connectivity index (χ4n) is 1.67. The molecular formula is C12H11N3O5. The molecule has 1 aromatic heterocycles. The molecule has 1 aromatic carbocycles. The summed E-state index contributed by atoms with van der Waals surface area (Å²) in [4.78, 5) is 21.2. The SMILES string of the molecule is Cc1cc(Oc2cc(C(=O)O)ccc2[N+](=O)[O-])n(C)n1. The molecule has 0 saturated carbocycles. The van der Waals surface area contributed by atoms with Crippen LogP contribution >= 0.6 is 0 Å². The maximum Gasteiger partial charge on any atom is 0.335 e. The van der Waals surface area contributed by atoms with Gasteiger partial charge in [-0.3, -0.25) is 10.1 Å². The Hall–Kier alpha value is -2.90. The van der Waals surface area contributed by atoms with E-state index in [0.717, 1.165) is 18.2 Å². The number of benzene rings is 1. The van der Waals surface area contributed by atoms with Gasteiger partial charge in [0.05, 0.1) is 16.2 Å². The van der Waals surface area contributed by atoms with Crippen molar-refractivity contribution in [3.05, 3.63) is 45.6 Å². The predicted octanol–water partition coefficient (Wildman–Crippen LogP) is 2.13. The molecule has 0 radical (unpaired) electrons. The summed E-state index contributed by atoms with van der Waals surface area (Å²) >= 11 is 0. The first-order valence-corrected chi connectivity index (χ1v) is 5.58. The molecule has 1 N–H and O–H groups in total. The van der Waals surface area contributed by atoms with Gasteiger partial charge < -0.3 is 9.84 Å². The monoisotopic (exact) mass is 277 g/mol. The Kier molecular flexibility index (Phi) is 3.38. The molecule has 0 unspecified atom stereocenters. The number of hydrogen-bond acceptors (Lipinski definition) is 5. The van der Waals surface area contributed by atoms with Gasteiger partial charge in [0.2, 0.25) is 11.6 Å². The molecule has 20 heavy (non-hydrogen) atoms. The second-order valence-electron chi connectivity index (χ2n) is 4.09. The molecular weight excluding hydrogens is 266 g/mol. The molecule has 0 saturated heterocycles. The van der Waals surface area contributed by atoms with Crippen LogP contribution in [-0.4, -0.2) is 25.8 Å². The first-order valence-electron chi connectivity index (χ1n) is 5.58. The zero-order chi connectivity index (χ0) is 14.9. The van der Waals surface area contributed by atoms with E-state index in [1.807, 2.05) is 0 Å². The van der Waals surface area contributed by atoms with Gasteiger partial charge in [0.15, 0.2) is 0 Å². The lowest BCUT2D eigenvalue weighted by atomic mass is 10.2. The van der Waals surface area contributed by atoms with Gasteiger partial charge in [-0.05, 0) is 13.0 Å². The Morgan fingerprint density at radius 2 is 2.15 bits per heavy atom. The highest BCUT2D eigenvalue weighted by Gasteiger charge is 2.19. The van der Waals surface area contributed by atoms with Gasteiger partial charge in [-0.2, -0.15) is 5.10 Å². The Bertz CT molecular complexity index is 692. The van der Waals surface area contributed by atoms with Crippen molar-refractivity contribution in [3.63, 3.8) is 0 Å². The highest BCUT2D eigenvalue weighted by Crippen LogP contribution is 2.32. The summed E-state index contributed by atoms with van der Waals surface area (Å²) in [6.45, 7) is 1.74. The van der Waals surface area contributed by atoms with Crippen molar-refractivity contribution in [1.29, 1.82) is 0 Å². The van der Waals surface area contributed by atoms with Crippen LogP contribution in [0, 0.1) is 17.0 Å². The lowest BCUT2D eigenvalue weighted by Gasteiger charge is -2.06. The van der Waals surface area contributed by atoms with Crippen molar-refractivity contribution in [1.82, 2.24) is 9.78 Å². The van der Waals surface area contributed by atoms with Crippen LogP contribution in [0.5, 0.6) is 11.6 Å². The minimum atomic E-state index is -1.19. The number of aryl methyl sites for hydroxylation is 2. The molecule has 0 aliphatic rings. The third kappa shape index (κ3) is 2.58. The molecule has 8 nitrogen and oxygen atoms in total. The van der Waals surface area contributed by atoms with Crippen molar-refractivity contribution in [2.45, 2.75) is 6.92 Å². The van der Waals surface area contributed by atoms with Crippen molar-refractivity contribution < 1.29 is 19.6 Å². The second kappa shape index (κ2) is 5.00. The summed E-state index contributed by atoms with van der Waals surface area (Å²) in [7, 11) is 1.62. The van der Waals surface area contributed by atoms with E-state index in [-0.39, 0.29) is 22.9 Å². The number of nitro groups is 1. The third-order valence-corrected chi connectivity index (χ3v) is 2.58. The Morgan fingerprint density at radius 1 is 1.45 bits per heavy atom. The predicted molar refractivity (Wildman–Crippen MR) is 68.1 cm³/mol. The van der Waals surface area contributed by atoms with Gasteiger partial charge in [0.1, 0.15) is 0 Å². The molecule has 0 amide bonds. The lowest BCUT2D eigenvalue weighted by molar-refractivity contribution is -0.385. The van der Waals surface area contributed by atoms with Crippen LogP contribution in [-0.2, 0) is 7.05 Å². The maximum atomic E-state index is 10.9. The topological polar surface area (TPSA) is 107 Å². The van der Waals surface area contributed by atoms with Crippen LogP contribution in [0.3, 0.4) is 0 Å². The van der Waals surface area contributed by atoms with Crippen LogP contribution in [0.2, 0.25) is 0 Å². The van der Waals surface area contributed by atoms with E-state index in [1.54, 1.807) is 20.0 Å². The van der Waals surface area contributed by atoms with E-state index >= 15 is 0 Å². The summed E-state index contributed by atoms with van der Waals surface area (Å²) in [6.07, 6.45) is 0. The molecule has 0 aliphatic carbocycles. The van der Waals surface area contributed by atoms with Crippen molar-refractivity contribution in [2.24, 2.45) is 7.05 Å². The number of hydrogen-bond donors (Lipinski definition) is 1. The minimum absolute atomic E-state index is 0.0931. The van der Waals surface area contributed by atoms with Gasteiger partial charge in [0.25, 0.3) is 0 Å². The fourth-order valence-corrected chi connectivity index (χ4v) is 1.67. The van der Waals surface area contributed by atoms with Crippen LogP contribution in [0.1, 0.15) is 16.1 Å². The van der Waals surface area contributed by atoms with Crippen LogP contribution in [0.4, 0.5) is 5.69 Å². The first-order chi connectivity index (χ1) is 9.38. The van der Waals surface area contributed by atoms with Gasteiger partial charge in [-0.25, -0.2) is 9.48 Å². The van der Waals surface area contributed by atoms with E-state index in [4.69, 9.17) is 9.84 Å². The Labute approximate surface area is 113 Å². The molecule has 0 aliphatic heterocycles. The molecule has 0 atom stereocenters. The third-order valence-electron chi connectivity index (χ3n) is 2.58. The van der Waals surface area contributed by atoms with Gasteiger partial charge in [-0.15, -0.1) is 0 Å². The standard InChI is InChI=1S/C12H11N3O5/c1-7-5-11(14(2)13-7)20-10-6-8(12(16)17)3-4-9(10)15(18)19/h3-6H,1-2H3,(H,16,17). The normalized spacial score (nSPS) is 10.3. The van der Waals surface area contributed by atoms with Crippen molar-refractivity contribution in [2.75, 3.05) is 0 Å². The van der Waals surface area contributed by atoms with E-state index in [2.05, 4.69) is 5.10 Å². The smallest absolute Gasteiger partial charge is 0.335 e. The zero-order valence-corrected chi connectivity index (χ0v) is 10.7. The second-order valence-corrected chi connectivity index (χ2v) is 4.09. The summed E-state index contributed by atoms with van der Waals surface area (Å²) in [6, 6.07) is 4.96. The minimum Gasteiger partial charge on any atom is -0.478 e. The zero-order valence-electron chi connectivity index (χ0n) is 10.7. The number of nitro benzene ring substituents is 1. The van der Waals surface area contributed by atoms with Gasteiger partial charge >= 0.3 is 11.7 Å². The Balaban J connectivity index is 2.47. The van der Waals surface area contributed by atoms with Crippen molar-refractivity contribution in [3.8, 4) is 11.6 Å². The lowest BCUT2D eigenvalue weighted by Crippen LogP contribution is -2.01. The Morgan fingerprint density at radius 3 is 2.65 bits per heavy atom. The fraction of sp³-hybridized carbons (Fsp3) is 0.167. The number of carboxylic acid groups (broad SMARTS) is 1. The molecule has 8 heteroatoms. The van der Waals surface area contributed by atoms with E-state index in [1.165, 1.54) is 4.68 Å². The maximum absolute atomic E-state index is 10.9. The molecule has 1 heterocycles. The molecule has 0 spiro atoms. The molecule has 0 fully saturated rings. The highest BCUT2D eigenvalue weighted by molar-refractivity contribution is 5.88. The summed E-state index contributed by atoms with van der Waals surface area (Å²) in [5.74, 6) is -1.04. The number of carboxylic acids is 1. The number of aromatic carboxylic acids is 1. The number of rotatable bonds is 4. The van der Waals surface area contributed by atoms with E-state index < -0.39 is 10.9 Å². The number of ether oxygens (including phenoxy) is 1. The summed E-state index contributed by atoms with van der Waals surface area (Å²) in [5.41, 5.74) is 0.276. The highest BCUT2D eigenvalue weighted by atomic mass is 16.6. The van der Waals surface area contributed by atoms with E-state index in [9.17, 15) is 14.9 Å². The van der Waals surface area contributed by atoms with E-state index in [0.29, 0.717) is 5.69 Å². The van der Waals surface area contributed by atoms with Crippen LogP contribution in [0.15, 0.2) is 24.3 Å². The summed E-state index contributed by atoms with van der Waals surface area (Å²) in [5, 5.41) is 23.9. The van der Waals surface area contributed by atoms with Gasteiger partial charge in [-0.1, -0.05) is 0 Å². The number of carbonyl (C=O) groups is 1.